The van der Waals surface area contributed by atoms with Crippen molar-refractivity contribution < 1.29 is 14.0 Å². The second-order valence-corrected chi connectivity index (χ2v) is 8.32. The molecule has 0 aliphatic carbocycles. The third-order valence-corrected chi connectivity index (χ3v) is 6.52. The van der Waals surface area contributed by atoms with Crippen LogP contribution in [0.25, 0.3) is 10.2 Å². The number of hydrogen-bond donors (Lipinski definition) is 0. The summed E-state index contributed by atoms with van der Waals surface area (Å²) in [6.45, 7) is 0.957. The summed E-state index contributed by atoms with van der Waals surface area (Å²) in [4.78, 5) is 31.5. The number of thiazole rings is 1. The number of amides is 1. The van der Waals surface area contributed by atoms with Gasteiger partial charge in [-0.2, -0.15) is 0 Å². The van der Waals surface area contributed by atoms with Crippen LogP contribution in [-0.4, -0.2) is 34.7 Å². The smallest absolute Gasteiger partial charge is 0.227 e. The summed E-state index contributed by atoms with van der Waals surface area (Å²) >= 11 is 7.43. The molecule has 1 aliphatic heterocycles. The Morgan fingerprint density at radius 1 is 1.14 bits per heavy atom. The standard InChI is InChI=1S/C21H18ClFN2O2S/c22-15-4-3-5-16(23)14(15)12-19(26)25-10-8-13(9-11-25)20(27)21-24-17-6-1-2-7-18(17)28-21/h1-7,13H,8-12H2. The minimum atomic E-state index is -0.471. The van der Waals surface area contributed by atoms with Gasteiger partial charge in [-0.1, -0.05) is 29.8 Å². The summed E-state index contributed by atoms with van der Waals surface area (Å²) in [7, 11) is 0. The van der Waals surface area contributed by atoms with E-state index in [1.54, 1.807) is 11.0 Å². The third-order valence-electron chi connectivity index (χ3n) is 5.11. The van der Waals surface area contributed by atoms with Crippen LogP contribution in [0.4, 0.5) is 4.39 Å². The Hall–Kier alpha value is -2.31. The van der Waals surface area contributed by atoms with Crippen LogP contribution in [0, 0.1) is 11.7 Å². The highest BCUT2D eigenvalue weighted by atomic mass is 35.5. The lowest BCUT2D eigenvalue weighted by molar-refractivity contribution is -0.131. The van der Waals surface area contributed by atoms with Crippen molar-refractivity contribution in [1.82, 2.24) is 9.88 Å². The Bertz CT molecular complexity index is 991. The van der Waals surface area contributed by atoms with E-state index < -0.39 is 5.82 Å². The van der Waals surface area contributed by atoms with Crippen molar-refractivity contribution in [2.45, 2.75) is 19.3 Å². The third kappa shape index (κ3) is 3.80. The fraction of sp³-hybridized carbons (Fsp3) is 0.286. The maximum atomic E-state index is 13.9. The molecular formula is C21H18ClFN2O2S. The summed E-state index contributed by atoms with van der Waals surface area (Å²) in [5.74, 6) is -0.730. The number of ketones is 1. The molecule has 7 heteroatoms. The maximum absolute atomic E-state index is 13.9. The molecule has 2 heterocycles. The van der Waals surface area contributed by atoms with Gasteiger partial charge in [-0.15, -0.1) is 11.3 Å². The molecule has 0 radical (unpaired) electrons. The quantitative estimate of drug-likeness (QED) is 0.576. The average Bonchev–Trinajstić information content (AvgIpc) is 3.14. The number of aromatic nitrogens is 1. The van der Waals surface area contributed by atoms with Crippen LogP contribution in [0.2, 0.25) is 5.02 Å². The van der Waals surface area contributed by atoms with Crippen molar-refractivity contribution >= 4 is 44.8 Å². The Labute approximate surface area is 170 Å². The number of Topliss-reactive ketones (excluding diaryl/α,β-unsaturated/α-hetero) is 1. The summed E-state index contributed by atoms with van der Waals surface area (Å²) in [5, 5.41) is 0.790. The van der Waals surface area contributed by atoms with Crippen LogP contribution in [-0.2, 0) is 11.2 Å². The van der Waals surface area contributed by atoms with Crippen LogP contribution in [0.5, 0.6) is 0 Å². The van der Waals surface area contributed by atoms with E-state index in [9.17, 15) is 14.0 Å². The number of fused-ring (bicyclic) bond motifs is 1. The van der Waals surface area contributed by atoms with E-state index in [2.05, 4.69) is 4.98 Å². The molecule has 0 atom stereocenters. The first-order valence-electron chi connectivity index (χ1n) is 9.13. The van der Waals surface area contributed by atoms with E-state index in [0.717, 1.165) is 10.2 Å². The molecule has 28 heavy (non-hydrogen) atoms. The molecule has 1 amide bonds. The van der Waals surface area contributed by atoms with Gasteiger partial charge in [0.1, 0.15) is 5.82 Å². The van der Waals surface area contributed by atoms with Crippen LogP contribution < -0.4 is 0 Å². The second kappa shape index (κ2) is 7.97. The molecule has 4 nitrogen and oxygen atoms in total. The number of carbonyl (C=O) groups excluding carboxylic acids is 2. The maximum Gasteiger partial charge on any atom is 0.227 e. The Kier molecular flexibility index (Phi) is 5.42. The summed E-state index contributed by atoms with van der Waals surface area (Å²) in [6.07, 6.45) is 1.11. The molecule has 1 aromatic heterocycles. The molecule has 0 spiro atoms. The summed E-state index contributed by atoms with van der Waals surface area (Å²) in [5.41, 5.74) is 1.06. The lowest BCUT2D eigenvalue weighted by Crippen LogP contribution is -2.41. The van der Waals surface area contributed by atoms with Crippen molar-refractivity contribution in [3.05, 3.63) is 63.9 Å². The Balaban J connectivity index is 1.38. The van der Waals surface area contributed by atoms with Gasteiger partial charge in [-0.05, 0) is 37.1 Å². The Morgan fingerprint density at radius 2 is 1.89 bits per heavy atom. The van der Waals surface area contributed by atoms with Crippen LogP contribution in [0.1, 0.15) is 28.2 Å². The first-order valence-corrected chi connectivity index (χ1v) is 10.3. The number of piperidine rings is 1. The highest BCUT2D eigenvalue weighted by molar-refractivity contribution is 7.20. The van der Waals surface area contributed by atoms with Gasteiger partial charge in [0.05, 0.1) is 16.6 Å². The van der Waals surface area contributed by atoms with Crippen molar-refractivity contribution in [3.63, 3.8) is 0 Å². The predicted octanol–water partition coefficient (Wildman–Crippen LogP) is 4.75. The molecule has 144 valence electrons. The average molecular weight is 417 g/mol. The number of halogens is 2. The van der Waals surface area contributed by atoms with E-state index in [-0.39, 0.29) is 34.6 Å². The van der Waals surface area contributed by atoms with Crippen molar-refractivity contribution in [1.29, 1.82) is 0 Å². The Morgan fingerprint density at radius 3 is 2.61 bits per heavy atom. The zero-order chi connectivity index (χ0) is 19.7. The molecule has 1 saturated heterocycles. The van der Waals surface area contributed by atoms with Gasteiger partial charge in [-0.25, -0.2) is 9.37 Å². The van der Waals surface area contributed by atoms with Crippen LogP contribution in [0.15, 0.2) is 42.5 Å². The van der Waals surface area contributed by atoms with Gasteiger partial charge >= 0.3 is 0 Å². The van der Waals surface area contributed by atoms with E-state index in [0.29, 0.717) is 30.9 Å². The van der Waals surface area contributed by atoms with Gasteiger partial charge < -0.3 is 4.90 Å². The van der Waals surface area contributed by atoms with E-state index in [1.807, 2.05) is 24.3 Å². The molecule has 2 aromatic carbocycles. The molecule has 3 aromatic rings. The zero-order valence-corrected chi connectivity index (χ0v) is 16.6. The van der Waals surface area contributed by atoms with Crippen molar-refractivity contribution in [2.75, 3.05) is 13.1 Å². The zero-order valence-electron chi connectivity index (χ0n) is 15.0. The number of benzene rings is 2. The topological polar surface area (TPSA) is 50.3 Å². The van der Waals surface area contributed by atoms with E-state index in [4.69, 9.17) is 11.6 Å². The minimum absolute atomic E-state index is 0.0467. The summed E-state index contributed by atoms with van der Waals surface area (Å²) < 4.78 is 14.9. The fourth-order valence-corrected chi connectivity index (χ4v) is 4.72. The van der Waals surface area contributed by atoms with Crippen molar-refractivity contribution in [3.8, 4) is 0 Å². The lowest BCUT2D eigenvalue weighted by Gasteiger charge is -2.31. The van der Waals surface area contributed by atoms with Crippen LogP contribution >= 0.6 is 22.9 Å². The fourth-order valence-electron chi connectivity index (χ4n) is 3.51. The second-order valence-electron chi connectivity index (χ2n) is 6.88. The molecule has 0 N–H and O–H groups in total. The van der Waals surface area contributed by atoms with Gasteiger partial charge in [0.25, 0.3) is 0 Å². The number of carbonyl (C=O) groups is 2. The van der Waals surface area contributed by atoms with E-state index >= 15 is 0 Å². The molecule has 1 aliphatic rings. The monoisotopic (exact) mass is 416 g/mol. The number of rotatable bonds is 4. The van der Waals surface area contributed by atoms with Crippen molar-refractivity contribution in [2.24, 2.45) is 5.92 Å². The molecule has 4 rings (SSSR count). The van der Waals surface area contributed by atoms with Gasteiger partial charge in [0.2, 0.25) is 5.91 Å². The number of hydrogen-bond acceptors (Lipinski definition) is 4. The number of likely N-dealkylation sites (tertiary alicyclic amines) is 1. The van der Waals surface area contributed by atoms with Crippen LogP contribution in [0.3, 0.4) is 0 Å². The highest BCUT2D eigenvalue weighted by Gasteiger charge is 2.30. The number of para-hydroxylation sites is 1. The molecule has 0 bridgehead atoms. The van der Waals surface area contributed by atoms with Gasteiger partial charge in [0, 0.05) is 29.6 Å². The molecule has 1 fully saturated rings. The molecule has 0 unspecified atom stereocenters. The first kappa shape index (κ1) is 19.0. The normalized spacial score (nSPS) is 15.1. The number of nitrogens with zero attached hydrogens (tertiary/aromatic N) is 2. The van der Waals surface area contributed by atoms with Gasteiger partial charge in [-0.3, -0.25) is 9.59 Å². The highest BCUT2D eigenvalue weighted by Crippen LogP contribution is 2.28. The van der Waals surface area contributed by atoms with E-state index in [1.165, 1.54) is 23.5 Å². The summed E-state index contributed by atoms with van der Waals surface area (Å²) in [6, 6.07) is 12.1. The lowest BCUT2D eigenvalue weighted by atomic mass is 9.92. The first-order chi connectivity index (χ1) is 13.5. The predicted molar refractivity (Wildman–Crippen MR) is 108 cm³/mol. The minimum Gasteiger partial charge on any atom is -0.342 e. The van der Waals surface area contributed by atoms with Gasteiger partial charge in [0.15, 0.2) is 10.8 Å². The largest absolute Gasteiger partial charge is 0.342 e. The SMILES string of the molecule is O=C(c1nc2ccccc2s1)C1CCN(C(=O)Cc2c(F)cccc2Cl)CC1. The molecule has 0 saturated carbocycles. The molecular weight excluding hydrogens is 399 g/mol.